The Balaban J connectivity index is 4.22. The van der Waals surface area contributed by atoms with Crippen LogP contribution in [0, 0.1) is 0 Å². The van der Waals surface area contributed by atoms with E-state index in [2.05, 4.69) is 4.74 Å². The topological polar surface area (TPSA) is 145 Å². The smallest absolute Gasteiger partial charge is 0.345 e. The molecule has 0 unspecified atom stereocenters. The number of carbonyl (C=O) groups is 2. The lowest BCUT2D eigenvalue weighted by molar-refractivity contribution is -0.176. The Morgan fingerprint density at radius 3 is 2.14 bits per heavy atom. The molecular weight excluding hydrogens is 284 g/mol. The van der Waals surface area contributed by atoms with Gasteiger partial charge in [-0.05, 0) is 6.42 Å². The molecule has 0 aromatic rings. The van der Waals surface area contributed by atoms with E-state index >= 15 is 0 Å². The minimum Gasteiger partial charge on any atom is -0.394 e. The van der Waals surface area contributed by atoms with Crippen molar-refractivity contribution < 1.29 is 39.9 Å². The van der Waals surface area contributed by atoms with Crippen LogP contribution in [-0.4, -0.2) is 68.5 Å². The third kappa shape index (κ3) is 7.49. The standard InChI is InChI=1S/C13H24O8/c1-2-3-4-5-6-9(16)21-13(20)12(19)11(18)10(17)8(15)7-14/h8,10-12,14-15,17-19H,2-7H2,1H3/t8-,10-,11+,12-/m1/s1. The van der Waals surface area contributed by atoms with Crippen LogP contribution in [0.1, 0.15) is 39.0 Å². The van der Waals surface area contributed by atoms with Crippen LogP contribution < -0.4 is 0 Å². The van der Waals surface area contributed by atoms with Crippen LogP contribution in [-0.2, 0) is 14.3 Å². The highest BCUT2D eigenvalue weighted by Crippen LogP contribution is 2.08. The first kappa shape index (κ1) is 19.9. The molecule has 0 aliphatic rings. The molecular formula is C13H24O8. The van der Waals surface area contributed by atoms with Crippen molar-refractivity contribution in [1.29, 1.82) is 0 Å². The van der Waals surface area contributed by atoms with Gasteiger partial charge in [-0.25, -0.2) is 4.79 Å². The summed E-state index contributed by atoms with van der Waals surface area (Å²) < 4.78 is 4.33. The molecule has 0 aliphatic carbocycles. The second kappa shape index (κ2) is 10.6. The van der Waals surface area contributed by atoms with Crippen molar-refractivity contribution in [1.82, 2.24) is 0 Å². The van der Waals surface area contributed by atoms with Gasteiger partial charge in [-0.1, -0.05) is 26.2 Å². The number of rotatable bonds is 10. The van der Waals surface area contributed by atoms with Gasteiger partial charge in [0, 0.05) is 6.42 Å². The molecule has 0 saturated heterocycles. The molecule has 0 aromatic heterocycles. The van der Waals surface area contributed by atoms with E-state index in [1.165, 1.54) is 0 Å². The molecule has 0 amide bonds. The molecule has 0 aromatic carbocycles. The molecule has 124 valence electrons. The van der Waals surface area contributed by atoms with Gasteiger partial charge in [0.2, 0.25) is 0 Å². The molecule has 0 rings (SSSR count). The van der Waals surface area contributed by atoms with Crippen LogP contribution in [0.4, 0.5) is 0 Å². The van der Waals surface area contributed by atoms with E-state index in [0.717, 1.165) is 19.3 Å². The fourth-order valence-corrected chi connectivity index (χ4v) is 1.58. The zero-order chi connectivity index (χ0) is 16.4. The highest BCUT2D eigenvalue weighted by atomic mass is 16.6. The molecule has 8 nitrogen and oxygen atoms in total. The molecule has 0 spiro atoms. The maximum Gasteiger partial charge on any atom is 0.345 e. The Bertz CT molecular complexity index is 319. The molecule has 21 heavy (non-hydrogen) atoms. The number of aliphatic hydroxyl groups is 5. The van der Waals surface area contributed by atoms with Crippen LogP contribution in [0.2, 0.25) is 0 Å². The summed E-state index contributed by atoms with van der Waals surface area (Å²) in [5.41, 5.74) is 0. The summed E-state index contributed by atoms with van der Waals surface area (Å²) >= 11 is 0. The maximum atomic E-state index is 11.4. The molecule has 8 heteroatoms. The minimum absolute atomic E-state index is 0.0103. The predicted octanol–water partition coefficient (Wildman–Crippen LogP) is -1.54. The lowest BCUT2D eigenvalue weighted by Gasteiger charge is -2.24. The average molecular weight is 308 g/mol. The Morgan fingerprint density at radius 2 is 1.62 bits per heavy atom. The summed E-state index contributed by atoms with van der Waals surface area (Å²) in [6, 6.07) is 0. The molecule has 0 bridgehead atoms. The molecule has 0 radical (unpaired) electrons. The van der Waals surface area contributed by atoms with E-state index in [9.17, 15) is 24.9 Å². The molecule has 0 heterocycles. The zero-order valence-corrected chi connectivity index (χ0v) is 12.0. The van der Waals surface area contributed by atoms with Crippen LogP contribution in [0.25, 0.3) is 0 Å². The van der Waals surface area contributed by atoms with Gasteiger partial charge in [0.25, 0.3) is 0 Å². The lowest BCUT2D eigenvalue weighted by atomic mass is 10.0. The Labute approximate surface area is 123 Å². The molecule has 0 fully saturated rings. The predicted molar refractivity (Wildman–Crippen MR) is 71.0 cm³/mol. The first-order chi connectivity index (χ1) is 9.84. The third-order valence-electron chi connectivity index (χ3n) is 2.95. The summed E-state index contributed by atoms with van der Waals surface area (Å²) in [5, 5.41) is 45.9. The van der Waals surface area contributed by atoms with Gasteiger partial charge < -0.3 is 30.3 Å². The van der Waals surface area contributed by atoms with Crippen molar-refractivity contribution in [3.8, 4) is 0 Å². The van der Waals surface area contributed by atoms with Crippen molar-refractivity contribution in [2.24, 2.45) is 0 Å². The lowest BCUT2D eigenvalue weighted by Crippen LogP contribution is -2.49. The largest absolute Gasteiger partial charge is 0.394 e. The minimum atomic E-state index is -2.19. The summed E-state index contributed by atoms with van der Waals surface area (Å²) in [7, 11) is 0. The fraction of sp³-hybridized carbons (Fsp3) is 0.846. The van der Waals surface area contributed by atoms with Gasteiger partial charge in [-0.15, -0.1) is 0 Å². The first-order valence-corrected chi connectivity index (χ1v) is 6.92. The second-order valence-electron chi connectivity index (χ2n) is 4.78. The molecule has 0 aliphatic heterocycles. The molecule has 5 N–H and O–H groups in total. The molecule has 4 atom stereocenters. The number of ether oxygens (including phenoxy) is 1. The number of aliphatic hydroxyl groups excluding tert-OH is 5. The zero-order valence-electron chi connectivity index (χ0n) is 12.0. The van der Waals surface area contributed by atoms with Crippen LogP contribution >= 0.6 is 0 Å². The van der Waals surface area contributed by atoms with Crippen LogP contribution in [0.3, 0.4) is 0 Å². The van der Waals surface area contributed by atoms with E-state index in [1.807, 2.05) is 6.92 Å². The molecule has 0 saturated carbocycles. The van der Waals surface area contributed by atoms with E-state index in [-0.39, 0.29) is 6.42 Å². The van der Waals surface area contributed by atoms with Crippen molar-refractivity contribution in [2.75, 3.05) is 6.61 Å². The van der Waals surface area contributed by atoms with Crippen LogP contribution in [0.15, 0.2) is 0 Å². The first-order valence-electron chi connectivity index (χ1n) is 6.92. The quantitative estimate of drug-likeness (QED) is 0.185. The maximum absolute atomic E-state index is 11.4. The number of unbranched alkanes of at least 4 members (excludes halogenated alkanes) is 3. The van der Waals surface area contributed by atoms with E-state index in [4.69, 9.17) is 10.2 Å². The SMILES string of the molecule is CCCCCCC(=O)OC(=O)[C@H](O)[C@@H](O)[C@H](O)[C@H](O)CO. The monoisotopic (exact) mass is 308 g/mol. The van der Waals surface area contributed by atoms with Gasteiger partial charge in [0.05, 0.1) is 6.61 Å². The van der Waals surface area contributed by atoms with E-state index in [1.54, 1.807) is 0 Å². The second-order valence-corrected chi connectivity index (χ2v) is 4.78. The highest BCUT2D eigenvalue weighted by Gasteiger charge is 2.35. The van der Waals surface area contributed by atoms with Crippen molar-refractivity contribution in [3.05, 3.63) is 0 Å². The average Bonchev–Trinajstić information content (AvgIpc) is 2.48. The summed E-state index contributed by atoms with van der Waals surface area (Å²) in [6.07, 6.45) is -4.64. The fourth-order valence-electron chi connectivity index (χ4n) is 1.58. The number of carbonyl (C=O) groups excluding carboxylic acids is 2. The van der Waals surface area contributed by atoms with E-state index in [0.29, 0.717) is 6.42 Å². The summed E-state index contributed by atoms with van der Waals surface area (Å²) in [5.74, 6) is -2.24. The van der Waals surface area contributed by atoms with Crippen molar-refractivity contribution >= 4 is 11.9 Å². The number of hydrogen-bond donors (Lipinski definition) is 5. The Hall–Kier alpha value is -1.06. The van der Waals surface area contributed by atoms with Gasteiger partial charge in [0.1, 0.15) is 18.3 Å². The number of esters is 2. The summed E-state index contributed by atoms with van der Waals surface area (Å²) in [6.45, 7) is 1.14. The van der Waals surface area contributed by atoms with Gasteiger partial charge in [0.15, 0.2) is 6.10 Å². The van der Waals surface area contributed by atoms with Gasteiger partial charge in [-0.2, -0.15) is 0 Å². The van der Waals surface area contributed by atoms with Crippen molar-refractivity contribution in [3.63, 3.8) is 0 Å². The van der Waals surface area contributed by atoms with Gasteiger partial charge >= 0.3 is 11.9 Å². The highest BCUT2D eigenvalue weighted by molar-refractivity contribution is 5.88. The Morgan fingerprint density at radius 1 is 1.00 bits per heavy atom. The van der Waals surface area contributed by atoms with E-state index < -0.39 is 43.0 Å². The number of hydrogen-bond acceptors (Lipinski definition) is 8. The van der Waals surface area contributed by atoms with Crippen LogP contribution in [0.5, 0.6) is 0 Å². The Kier molecular flexibility index (Phi) is 10.1. The third-order valence-corrected chi connectivity index (χ3v) is 2.95. The normalized spacial score (nSPS) is 16.9. The summed E-state index contributed by atoms with van der Waals surface area (Å²) in [4.78, 5) is 22.7. The van der Waals surface area contributed by atoms with Crippen molar-refractivity contribution in [2.45, 2.75) is 63.4 Å². The van der Waals surface area contributed by atoms with Gasteiger partial charge in [-0.3, -0.25) is 4.79 Å².